The molecule has 1 amide bonds. The Morgan fingerprint density at radius 2 is 1.88 bits per heavy atom. The van der Waals surface area contributed by atoms with Gasteiger partial charge in [-0.15, -0.1) is 10.2 Å². The fraction of sp³-hybridized carbons (Fsp3) is 0.360. The molecule has 2 aromatic carbocycles. The van der Waals surface area contributed by atoms with Crippen molar-refractivity contribution >= 4 is 23.4 Å². The van der Waals surface area contributed by atoms with Gasteiger partial charge in [0.25, 0.3) is 0 Å². The number of aromatic nitrogens is 3. The molecule has 7 nitrogen and oxygen atoms in total. The highest BCUT2D eigenvalue weighted by Crippen LogP contribution is 2.44. The number of ether oxygens (including phenoxy) is 2. The molecule has 3 aromatic rings. The van der Waals surface area contributed by atoms with E-state index in [-0.39, 0.29) is 5.91 Å². The Morgan fingerprint density at radius 3 is 2.67 bits per heavy atom. The van der Waals surface area contributed by atoms with Crippen LogP contribution in [0.3, 0.4) is 0 Å². The molecule has 33 heavy (non-hydrogen) atoms. The third kappa shape index (κ3) is 4.95. The van der Waals surface area contributed by atoms with Crippen molar-refractivity contribution in [2.45, 2.75) is 51.4 Å². The van der Waals surface area contributed by atoms with Crippen LogP contribution in [0.4, 0.5) is 5.69 Å². The van der Waals surface area contributed by atoms with Crippen molar-refractivity contribution in [3.63, 3.8) is 0 Å². The van der Waals surface area contributed by atoms with E-state index < -0.39 is 6.23 Å². The van der Waals surface area contributed by atoms with E-state index in [1.165, 1.54) is 13.3 Å². The molecule has 8 heteroatoms. The molecule has 1 atom stereocenters. The smallest absolute Gasteiger partial charge is 0.247 e. The lowest BCUT2D eigenvalue weighted by atomic mass is 10.1. The number of para-hydroxylation sites is 2. The number of anilines is 1. The highest BCUT2D eigenvalue weighted by molar-refractivity contribution is 7.99. The molecule has 0 fully saturated rings. The van der Waals surface area contributed by atoms with Crippen LogP contribution in [0.15, 0.2) is 53.7 Å². The van der Waals surface area contributed by atoms with Crippen molar-refractivity contribution in [2.24, 2.45) is 0 Å². The maximum Gasteiger partial charge on any atom is 0.247 e. The maximum atomic E-state index is 12.9. The second-order valence-electron chi connectivity index (χ2n) is 7.65. The van der Waals surface area contributed by atoms with Crippen LogP contribution < -0.4 is 14.4 Å². The Balaban J connectivity index is 1.82. The molecule has 0 N–H and O–H groups in total. The second kappa shape index (κ2) is 10.7. The van der Waals surface area contributed by atoms with E-state index in [0.717, 1.165) is 29.7 Å². The Bertz CT molecular complexity index is 1120. The van der Waals surface area contributed by atoms with Crippen molar-refractivity contribution < 1.29 is 14.3 Å². The quantitative estimate of drug-likeness (QED) is 0.314. The summed E-state index contributed by atoms with van der Waals surface area (Å²) in [5.41, 5.74) is 2.71. The molecule has 1 aliphatic rings. The van der Waals surface area contributed by atoms with Crippen LogP contribution in [-0.4, -0.2) is 33.4 Å². The van der Waals surface area contributed by atoms with Gasteiger partial charge in [-0.2, -0.15) is 4.98 Å². The van der Waals surface area contributed by atoms with E-state index in [9.17, 15) is 4.79 Å². The molecule has 0 bridgehead atoms. The molecule has 4 rings (SSSR count). The van der Waals surface area contributed by atoms with Crippen LogP contribution in [0.5, 0.6) is 11.6 Å². The van der Waals surface area contributed by atoms with Gasteiger partial charge in [-0.3, -0.25) is 9.69 Å². The van der Waals surface area contributed by atoms with Crippen LogP contribution in [-0.2, 0) is 4.79 Å². The van der Waals surface area contributed by atoms with Gasteiger partial charge in [-0.25, -0.2) is 0 Å². The number of amides is 1. The highest BCUT2D eigenvalue weighted by atomic mass is 32.2. The minimum atomic E-state index is -0.762. The van der Waals surface area contributed by atoms with Gasteiger partial charge < -0.3 is 9.47 Å². The van der Waals surface area contributed by atoms with Crippen molar-refractivity contribution in [2.75, 3.05) is 17.3 Å². The van der Waals surface area contributed by atoms with Gasteiger partial charge in [-0.05, 0) is 31.5 Å². The first-order chi connectivity index (χ1) is 16.1. The number of thioether (sulfide) groups is 1. The first-order valence-corrected chi connectivity index (χ1v) is 12.3. The SMILES string of the molecule is CCCCCSc1nnc2c(n1)O[C@@H](c1ccccc1OCC)N(C(C)=O)c1ccccc1-2. The molecule has 0 saturated heterocycles. The number of benzene rings is 2. The van der Waals surface area contributed by atoms with Gasteiger partial charge in [0.2, 0.25) is 23.2 Å². The predicted molar refractivity (Wildman–Crippen MR) is 130 cm³/mol. The molecule has 1 aromatic heterocycles. The standard InChI is InChI=1S/C25H28N4O3S/c1-4-6-11-16-33-25-26-23-22(27-28-25)18-12-7-9-14-20(18)29(17(3)30)24(32-23)19-13-8-10-15-21(19)31-5-2/h7-10,12-15,24H,4-6,11,16H2,1-3H3/t24-/m0/s1. The molecular formula is C25H28N4O3S. The average molecular weight is 465 g/mol. The summed E-state index contributed by atoms with van der Waals surface area (Å²) in [7, 11) is 0. The number of hydrogen-bond donors (Lipinski definition) is 0. The molecule has 1 aliphatic heterocycles. The first kappa shape index (κ1) is 23.0. The summed E-state index contributed by atoms with van der Waals surface area (Å²) >= 11 is 1.57. The summed E-state index contributed by atoms with van der Waals surface area (Å²) in [4.78, 5) is 19.3. The van der Waals surface area contributed by atoms with Crippen LogP contribution in [0.2, 0.25) is 0 Å². The van der Waals surface area contributed by atoms with E-state index in [1.807, 2.05) is 55.5 Å². The van der Waals surface area contributed by atoms with Gasteiger partial charge in [0.15, 0.2) is 5.69 Å². The maximum absolute atomic E-state index is 12.9. The van der Waals surface area contributed by atoms with E-state index in [0.29, 0.717) is 34.8 Å². The topological polar surface area (TPSA) is 77.4 Å². The fourth-order valence-electron chi connectivity index (χ4n) is 3.80. The van der Waals surface area contributed by atoms with Gasteiger partial charge in [0.05, 0.1) is 17.9 Å². The van der Waals surface area contributed by atoms with E-state index >= 15 is 0 Å². The van der Waals surface area contributed by atoms with Crippen molar-refractivity contribution in [3.8, 4) is 22.9 Å². The van der Waals surface area contributed by atoms with Gasteiger partial charge in [-0.1, -0.05) is 61.9 Å². The number of fused-ring (bicyclic) bond motifs is 3. The monoisotopic (exact) mass is 464 g/mol. The third-order valence-electron chi connectivity index (χ3n) is 5.31. The zero-order valence-corrected chi connectivity index (χ0v) is 20.0. The number of hydrogen-bond acceptors (Lipinski definition) is 7. The Morgan fingerprint density at radius 1 is 1.09 bits per heavy atom. The van der Waals surface area contributed by atoms with Crippen molar-refractivity contribution in [3.05, 3.63) is 54.1 Å². The molecular weight excluding hydrogens is 436 g/mol. The first-order valence-electron chi connectivity index (χ1n) is 11.3. The summed E-state index contributed by atoms with van der Waals surface area (Å²) < 4.78 is 12.3. The molecule has 0 saturated carbocycles. The van der Waals surface area contributed by atoms with Crippen LogP contribution in [0.25, 0.3) is 11.3 Å². The molecule has 0 unspecified atom stereocenters. The second-order valence-corrected chi connectivity index (χ2v) is 8.71. The summed E-state index contributed by atoms with van der Waals surface area (Å²) in [5.74, 6) is 1.78. The van der Waals surface area contributed by atoms with Gasteiger partial charge >= 0.3 is 0 Å². The number of nitrogens with zero attached hydrogens (tertiary/aromatic N) is 4. The summed E-state index contributed by atoms with van der Waals surface area (Å²) in [6, 6.07) is 15.2. The van der Waals surface area contributed by atoms with Crippen LogP contribution in [0.1, 0.15) is 51.8 Å². The lowest BCUT2D eigenvalue weighted by Crippen LogP contribution is -2.36. The number of carbonyl (C=O) groups excluding carboxylic acids is 1. The molecule has 0 radical (unpaired) electrons. The van der Waals surface area contributed by atoms with Gasteiger partial charge in [0, 0.05) is 18.2 Å². The summed E-state index contributed by atoms with van der Waals surface area (Å²) in [6.07, 6.45) is 2.65. The highest BCUT2D eigenvalue weighted by Gasteiger charge is 2.35. The van der Waals surface area contributed by atoms with Crippen molar-refractivity contribution in [1.29, 1.82) is 0 Å². The zero-order valence-electron chi connectivity index (χ0n) is 19.2. The number of unbranched alkanes of at least 4 members (excludes halogenated alkanes) is 2. The third-order valence-corrected chi connectivity index (χ3v) is 6.24. The lowest BCUT2D eigenvalue weighted by Gasteiger charge is -2.30. The van der Waals surface area contributed by atoms with Gasteiger partial charge in [0.1, 0.15) is 5.75 Å². The molecule has 0 spiro atoms. The lowest BCUT2D eigenvalue weighted by molar-refractivity contribution is -0.118. The average Bonchev–Trinajstić information content (AvgIpc) is 2.97. The minimum absolute atomic E-state index is 0.159. The van der Waals surface area contributed by atoms with Crippen LogP contribution in [0, 0.1) is 0 Å². The zero-order chi connectivity index (χ0) is 23.2. The molecule has 172 valence electrons. The largest absolute Gasteiger partial charge is 0.493 e. The number of carbonyl (C=O) groups is 1. The Labute approximate surface area is 198 Å². The van der Waals surface area contributed by atoms with E-state index in [2.05, 4.69) is 17.1 Å². The normalized spacial score (nSPS) is 14.6. The van der Waals surface area contributed by atoms with Crippen LogP contribution >= 0.6 is 11.8 Å². The predicted octanol–water partition coefficient (Wildman–Crippen LogP) is 5.66. The molecule has 0 aliphatic carbocycles. The Kier molecular flexibility index (Phi) is 7.44. The summed E-state index contributed by atoms with van der Waals surface area (Å²) in [6.45, 7) is 6.13. The molecule has 2 heterocycles. The van der Waals surface area contributed by atoms with Crippen molar-refractivity contribution in [1.82, 2.24) is 15.2 Å². The fourth-order valence-corrected chi connectivity index (χ4v) is 4.58. The summed E-state index contributed by atoms with van der Waals surface area (Å²) in [5, 5.41) is 9.38. The number of rotatable bonds is 8. The Hall–Kier alpha value is -3.13. The van der Waals surface area contributed by atoms with E-state index in [4.69, 9.17) is 14.5 Å². The minimum Gasteiger partial charge on any atom is -0.493 e. The van der Waals surface area contributed by atoms with E-state index in [1.54, 1.807) is 16.7 Å².